The molecule has 0 aliphatic carbocycles. The van der Waals surface area contributed by atoms with Gasteiger partial charge in [0.1, 0.15) is 11.6 Å². The lowest BCUT2D eigenvalue weighted by Crippen LogP contribution is -2.60. The van der Waals surface area contributed by atoms with Crippen LogP contribution in [0.15, 0.2) is 23.4 Å². The first kappa shape index (κ1) is 16.9. The maximum atomic E-state index is 12.8. The van der Waals surface area contributed by atoms with Gasteiger partial charge in [-0.05, 0) is 26.0 Å². The van der Waals surface area contributed by atoms with E-state index in [-0.39, 0.29) is 11.1 Å². The van der Waals surface area contributed by atoms with Gasteiger partial charge in [0, 0.05) is 33.4 Å². The molecule has 11 heteroatoms. The summed E-state index contributed by atoms with van der Waals surface area (Å²) in [6.45, 7) is 4.76. The highest BCUT2D eigenvalue weighted by atomic mass is 32.2. The fraction of sp³-hybridized carbons (Fsp3) is 0.467. The first-order valence-corrected chi connectivity index (χ1v) is 9.63. The summed E-state index contributed by atoms with van der Waals surface area (Å²) in [6.07, 6.45) is 1.54. The first-order valence-electron chi connectivity index (χ1n) is 8.19. The van der Waals surface area contributed by atoms with E-state index in [1.807, 2.05) is 24.0 Å². The minimum Gasteiger partial charge on any atom is -0.352 e. The van der Waals surface area contributed by atoms with Crippen molar-refractivity contribution in [2.24, 2.45) is 7.05 Å². The zero-order chi connectivity index (χ0) is 18.6. The Bertz CT molecular complexity index is 1060. The van der Waals surface area contributed by atoms with Crippen molar-refractivity contribution in [1.82, 2.24) is 33.7 Å². The van der Waals surface area contributed by atoms with Crippen molar-refractivity contribution in [3.63, 3.8) is 0 Å². The number of imidazole rings is 1. The molecule has 0 N–H and O–H groups in total. The van der Waals surface area contributed by atoms with Crippen molar-refractivity contribution in [1.29, 1.82) is 0 Å². The number of aromatic nitrogens is 6. The van der Waals surface area contributed by atoms with Crippen LogP contribution in [0.1, 0.15) is 11.6 Å². The lowest BCUT2D eigenvalue weighted by Gasteiger charge is -2.43. The number of likely N-dealkylation sites (N-methyl/N-ethyl adjacent to an activating group) is 1. The molecular formula is C15H20N8O2S. The first-order chi connectivity index (χ1) is 12.3. The number of fused-ring (bicyclic) bond motifs is 1. The molecule has 0 amide bonds. The normalized spacial score (nSPS) is 15.8. The molecule has 1 fully saturated rings. The van der Waals surface area contributed by atoms with E-state index in [0.29, 0.717) is 30.4 Å². The van der Waals surface area contributed by atoms with Crippen molar-refractivity contribution < 1.29 is 8.42 Å². The van der Waals surface area contributed by atoms with Gasteiger partial charge in [0.15, 0.2) is 16.5 Å². The maximum absolute atomic E-state index is 12.8. The topological polar surface area (TPSA) is 102 Å². The third-order valence-electron chi connectivity index (χ3n) is 4.84. The Labute approximate surface area is 151 Å². The SMILES string of the molecule is Cc1nc(S(=O)(=O)N(C)C2CN(c3ccc4nnc(C)n4n3)C2)cn1C. The van der Waals surface area contributed by atoms with Crippen molar-refractivity contribution >= 4 is 21.5 Å². The average Bonchev–Trinajstić information content (AvgIpc) is 3.10. The van der Waals surface area contributed by atoms with Crippen molar-refractivity contribution in [2.45, 2.75) is 24.9 Å². The molecule has 138 valence electrons. The predicted octanol–water partition coefficient (Wildman–Crippen LogP) is -0.0161. The molecule has 3 aromatic rings. The molecule has 1 aliphatic heterocycles. The van der Waals surface area contributed by atoms with Crippen LogP contribution in [0.5, 0.6) is 0 Å². The molecule has 0 spiro atoms. The van der Waals surface area contributed by atoms with E-state index < -0.39 is 10.0 Å². The number of hydrogen-bond donors (Lipinski definition) is 0. The Hall–Kier alpha value is -2.53. The largest absolute Gasteiger partial charge is 0.352 e. The molecular weight excluding hydrogens is 356 g/mol. The monoisotopic (exact) mass is 376 g/mol. The molecule has 4 heterocycles. The lowest BCUT2D eigenvalue weighted by atomic mass is 10.1. The molecule has 3 aromatic heterocycles. The van der Waals surface area contributed by atoms with E-state index in [4.69, 9.17) is 0 Å². The van der Waals surface area contributed by atoms with E-state index >= 15 is 0 Å². The fourth-order valence-electron chi connectivity index (χ4n) is 2.92. The third-order valence-corrected chi connectivity index (χ3v) is 6.62. The van der Waals surface area contributed by atoms with E-state index in [2.05, 4.69) is 20.3 Å². The second kappa shape index (κ2) is 5.74. The van der Waals surface area contributed by atoms with E-state index in [1.165, 1.54) is 4.31 Å². The summed E-state index contributed by atoms with van der Waals surface area (Å²) >= 11 is 0. The van der Waals surface area contributed by atoms with Crippen LogP contribution in [0, 0.1) is 13.8 Å². The van der Waals surface area contributed by atoms with Crippen LogP contribution >= 0.6 is 0 Å². The van der Waals surface area contributed by atoms with Gasteiger partial charge in [-0.2, -0.15) is 8.82 Å². The summed E-state index contributed by atoms with van der Waals surface area (Å²) in [5.74, 6) is 2.15. The zero-order valence-corrected chi connectivity index (χ0v) is 15.8. The highest BCUT2D eigenvalue weighted by Crippen LogP contribution is 2.25. The fourth-order valence-corrected chi connectivity index (χ4v) is 4.28. The molecule has 10 nitrogen and oxygen atoms in total. The van der Waals surface area contributed by atoms with Crippen molar-refractivity contribution in [3.8, 4) is 0 Å². The van der Waals surface area contributed by atoms with Gasteiger partial charge < -0.3 is 9.47 Å². The number of aryl methyl sites for hydroxylation is 3. The molecule has 0 atom stereocenters. The van der Waals surface area contributed by atoms with Crippen LogP contribution in [0.3, 0.4) is 0 Å². The Balaban J connectivity index is 1.50. The standard InChI is InChI=1S/C15H20N8O2S/c1-10-16-15(9-20(10)3)26(24,25)21(4)12-7-22(8-12)14-6-5-13-18-17-11(2)23(13)19-14/h5-6,9,12H,7-8H2,1-4H3. The van der Waals surface area contributed by atoms with Gasteiger partial charge in [-0.1, -0.05) is 0 Å². The maximum Gasteiger partial charge on any atom is 0.262 e. The van der Waals surface area contributed by atoms with Gasteiger partial charge in [-0.3, -0.25) is 0 Å². The molecule has 0 saturated carbocycles. The number of hydrogen-bond acceptors (Lipinski definition) is 7. The van der Waals surface area contributed by atoms with Crippen LogP contribution in [-0.2, 0) is 17.1 Å². The average molecular weight is 376 g/mol. The molecule has 1 aliphatic rings. The summed E-state index contributed by atoms with van der Waals surface area (Å²) in [6, 6.07) is 3.60. The quantitative estimate of drug-likeness (QED) is 0.631. The highest BCUT2D eigenvalue weighted by Gasteiger charge is 2.38. The molecule has 26 heavy (non-hydrogen) atoms. The second-order valence-corrected chi connectivity index (χ2v) is 8.47. The summed E-state index contributed by atoms with van der Waals surface area (Å²) in [5.41, 5.74) is 0.688. The molecule has 4 rings (SSSR count). The molecule has 0 aromatic carbocycles. The minimum atomic E-state index is -3.61. The van der Waals surface area contributed by atoms with Gasteiger partial charge in [0.2, 0.25) is 0 Å². The van der Waals surface area contributed by atoms with Crippen molar-refractivity contribution in [2.75, 3.05) is 25.0 Å². The number of nitrogens with zero attached hydrogens (tertiary/aromatic N) is 8. The molecule has 1 saturated heterocycles. The van der Waals surface area contributed by atoms with Gasteiger partial charge in [-0.25, -0.2) is 13.4 Å². The second-order valence-electron chi connectivity index (χ2n) is 6.53. The Morgan fingerprint density at radius 1 is 1.15 bits per heavy atom. The predicted molar refractivity (Wildman–Crippen MR) is 94.4 cm³/mol. The van der Waals surface area contributed by atoms with E-state index in [1.54, 1.807) is 36.3 Å². The van der Waals surface area contributed by atoms with E-state index in [0.717, 1.165) is 5.82 Å². The summed E-state index contributed by atoms with van der Waals surface area (Å²) in [4.78, 5) is 6.18. The smallest absolute Gasteiger partial charge is 0.262 e. The van der Waals surface area contributed by atoms with Gasteiger partial charge in [-0.15, -0.1) is 15.3 Å². The Morgan fingerprint density at radius 2 is 1.88 bits per heavy atom. The van der Waals surface area contributed by atoms with Crippen LogP contribution in [0.25, 0.3) is 5.65 Å². The van der Waals surface area contributed by atoms with Crippen LogP contribution in [0.4, 0.5) is 5.82 Å². The van der Waals surface area contributed by atoms with Crippen LogP contribution in [0.2, 0.25) is 0 Å². The lowest BCUT2D eigenvalue weighted by molar-refractivity contribution is 0.308. The highest BCUT2D eigenvalue weighted by molar-refractivity contribution is 7.89. The summed E-state index contributed by atoms with van der Waals surface area (Å²) in [5, 5.41) is 12.6. The third kappa shape index (κ3) is 2.54. The number of rotatable bonds is 4. The molecule has 0 radical (unpaired) electrons. The Kier molecular flexibility index (Phi) is 3.74. The van der Waals surface area contributed by atoms with Gasteiger partial charge in [0.05, 0.1) is 6.04 Å². The minimum absolute atomic E-state index is 0.0816. The number of anilines is 1. The number of sulfonamides is 1. The van der Waals surface area contributed by atoms with Crippen LogP contribution in [-0.4, -0.2) is 68.3 Å². The van der Waals surface area contributed by atoms with Gasteiger partial charge >= 0.3 is 0 Å². The molecule has 0 unspecified atom stereocenters. The van der Waals surface area contributed by atoms with E-state index in [9.17, 15) is 8.42 Å². The zero-order valence-electron chi connectivity index (χ0n) is 15.0. The summed E-state index contributed by atoms with van der Waals surface area (Å²) < 4.78 is 30.3. The van der Waals surface area contributed by atoms with Crippen molar-refractivity contribution in [3.05, 3.63) is 30.0 Å². The van der Waals surface area contributed by atoms with Crippen LogP contribution < -0.4 is 4.90 Å². The summed E-state index contributed by atoms with van der Waals surface area (Å²) in [7, 11) is -0.232. The molecule has 0 bridgehead atoms. The van der Waals surface area contributed by atoms with Gasteiger partial charge in [0.25, 0.3) is 10.0 Å². The Morgan fingerprint density at radius 3 is 2.54 bits per heavy atom.